The third-order valence-electron chi connectivity index (χ3n) is 4.31. The summed E-state index contributed by atoms with van der Waals surface area (Å²) in [4.78, 5) is 12.6. The van der Waals surface area contributed by atoms with Gasteiger partial charge in [0, 0.05) is 12.6 Å². The molecule has 146 valence electrons. The fourth-order valence-electron chi connectivity index (χ4n) is 2.85. The summed E-state index contributed by atoms with van der Waals surface area (Å²) >= 11 is 0. The molecule has 2 aromatic carbocycles. The van der Waals surface area contributed by atoms with Gasteiger partial charge in [-0.1, -0.05) is 61.4 Å². The van der Waals surface area contributed by atoms with Crippen molar-refractivity contribution in [1.29, 1.82) is 0 Å². The highest BCUT2D eigenvalue weighted by molar-refractivity contribution is 7.89. The second-order valence-electron chi connectivity index (χ2n) is 6.83. The summed E-state index contributed by atoms with van der Waals surface area (Å²) in [5.74, 6) is -0.289. The van der Waals surface area contributed by atoms with E-state index in [-0.39, 0.29) is 29.9 Å². The second-order valence-corrected chi connectivity index (χ2v) is 8.77. The van der Waals surface area contributed by atoms with Crippen LogP contribution in [0.25, 0.3) is 0 Å². The van der Waals surface area contributed by atoms with Gasteiger partial charge in [0.25, 0.3) is 0 Å². The van der Waals surface area contributed by atoms with Crippen molar-refractivity contribution in [3.8, 4) is 0 Å². The van der Waals surface area contributed by atoms with Gasteiger partial charge in [0.15, 0.2) is 0 Å². The molecule has 27 heavy (non-hydrogen) atoms. The first kappa shape index (κ1) is 21.1. The van der Waals surface area contributed by atoms with Crippen LogP contribution in [0.15, 0.2) is 59.5 Å². The number of benzene rings is 2. The van der Waals surface area contributed by atoms with E-state index in [0.29, 0.717) is 0 Å². The van der Waals surface area contributed by atoms with Crippen molar-refractivity contribution in [1.82, 2.24) is 9.62 Å². The van der Waals surface area contributed by atoms with Crippen LogP contribution in [0.5, 0.6) is 0 Å². The van der Waals surface area contributed by atoms with Gasteiger partial charge >= 0.3 is 0 Å². The molecular weight excluding hydrogens is 360 g/mol. The molecule has 2 aromatic rings. The van der Waals surface area contributed by atoms with Crippen molar-refractivity contribution in [2.75, 3.05) is 6.54 Å². The number of rotatable bonds is 9. The number of carbonyl (C=O) groups is 1. The van der Waals surface area contributed by atoms with Crippen LogP contribution >= 0.6 is 0 Å². The molecule has 0 aliphatic rings. The molecule has 0 heterocycles. The molecule has 1 amide bonds. The first-order valence-electron chi connectivity index (χ1n) is 9.23. The highest BCUT2D eigenvalue weighted by Gasteiger charge is 2.27. The maximum absolute atomic E-state index is 13.1. The topological polar surface area (TPSA) is 66.5 Å². The number of hydrogen-bond donors (Lipinski definition) is 1. The summed E-state index contributed by atoms with van der Waals surface area (Å²) in [6.45, 7) is 5.89. The lowest BCUT2D eigenvalue weighted by Gasteiger charge is -2.23. The number of nitrogens with zero attached hydrogens (tertiary/aromatic N) is 1. The van der Waals surface area contributed by atoms with Crippen LogP contribution in [0.1, 0.15) is 37.8 Å². The molecule has 6 heteroatoms. The lowest BCUT2D eigenvalue weighted by molar-refractivity contribution is -0.122. The first-order valence-corrected chi connectivity index (χ1v) is 10.7. The minimum atomic E-state index is -3.78. The van der Waals surface area contributed by atoms with E-state index in [1.807, 2.05) is 45.0 Å². The molecule has 0 aliphatic heterocycles. The smallest absolute Gasteiger partial charge is 0.243 e. The van der Waals surface area contributed by atoms with Gasteiger partial charge in [-0.25, -0.2) is 8.42 Å². The fourth-order valence-corrected chi connectivity index (χ4v) is 4.26. The molecule has 0 bridgehead atoms. The normalized spacial score (nSPS) is 12.7. The van der Waals surface area contributed by atoms with Crippen molar-refractivity contribution < 1.29 is 13.2 Å². The van der Waals surface area contributed by atoms with Crippen LogP contribution in [0.4, 0.5) is 0 Å². The van der Waals surface area contributed by atoms with E-state index >= 15 is 0 Å². The van der Waals surface area contributed by atoms with E-state index in [1.165, 1.54) is 4.31 Å². The highest BCUT2D eigenvalue weighted by atomic mass is 32.2. The Labute approximate surface area is 162 Å². The zero-order chi connectivity index (χ0) is 19.9. The standard InChI is InChI=1S/C21H28N2O3S/c1-4-8-18(3)22-21(24)16-23(15-19-13-11-17(2)12-14-19)27(25,26)20-9-6-5-7-10-20/h5-7,9-14,18H,4,8,15-16H2,1-3H3,(H,22,24)/t18-/m0/s1. The lowest BCUT2D eigenvalue weighted by atomic mass is 10.1. The predicted octanol–water partition coefficient (Wildman–Crippen LogP) is 3.49. The monoisotopic (exact) mass is 388 g/mol. The quantitative estimate of drug-likeness (QED) is 0.715. The summed E-state index contributed by atoms with van der Waals surface area (Å²) in [5.41, 5.74) is 1.94. The molecule has 0 radical (unpaired) electrons. The van der Waals surface area contributed by atoms with E-state index in [1.54, 1.807) is 30.3 Å². The van der Waals surface area contributed by atoms with Gasteiger partial charge in [-0.05, 0) is 38.0 Å². The summed E-state index contributed by atoms with van der Waals surface area (Å²) in [6, 6.07) is 15.9. The average Bonchev–Trinajstić information content (AvgIpc) is 2.63. The van der Waals surface area contributed by atoms with Crippen molar-refractivity contribution in [2.24, 2.45) is 0 Å². The average molecular weight is 389 g/mol. The number of carbonyl (C=O) groups excluding carboxylic acids is 1. The van der Waals surface area contributed by atoms with Gasteiger partial charge < -0.3 is 5.32 Å². The third-order valence-corrected chi connectivity index (χ3v) is 6.12. The van der Waals surface area contributed by atoms with Crippen LogP contribution in [0.2, 0.25) is 0 Å². The van der Waals surface area contributed by atoms with Crippen LogP contribution in [-0.4, -0.2) is 31.2 Å². The van der Waals surface area contributed by atoms with Crippen LogP contribution in [0.3, 0.4) is 0 Å². The van der Waals surface area contributed by atoms with Crippen molar-refractivity contribution >= 4 is 15.9 Å². The summed E-state index contributed by atoms with van der Waals surface area (Å²) in [6.07, 6.45) is 1.81. The van der Waals surface area contributed by atoms with Gasteiger partial charge in [-0.2, -0.15) is 4.31 Å². The maximum Gasteiger partial charge on any atom is 0.243 e. The number of amides is 1. The molecule has 2 rings (SSSR count). The Bertz CT molecular complexity index is 833. The Hall–Kier alpha value is -2.18. The van der Waals surface area contributed by atoms with Crippen molar-refractivity contribution in [3.05, 3.63) is 65.7 Å². The zero-order valence-electron chi connectivity index (χ0n) is 16.2. The van der Waals surface area contributed by atoms with Crippen LogP contribution in [0, 0.1) is 6.92 Å². The van der Waals surface area contributed by atoms with Gasteiger partial charge in [0.1, 0.15) is 0 Å². The summed E-state index contributed by atoms with van der Waals surface area (Å²) in [7, 11) is -3.78. The largest absolute Gasteiger partial charge is 0.353 e. The van der Waals surface area contributed by atoms with Gasteiger partial charge in [-0.3, -0.25) is 4.79 Å². The van der Waals surface area contributed by atoms with E-state index < -0.39 is 10.0 Å². The maximum atomic E-state index is 13.1. The minimum absolute atomic E-state index is 0.0168. The Morgan fingerprint density at radius 3 is 2.30 bits per heavy atom. The lowest BCUT2D eigenvalue weighted by Crippen LogP contribution is -2.43. The first-order chi connectivity index (χ1) is 12.8. The SMILES string of the molecule is CCC[C@H](C)NC(=O)CN(Cc1ccc(C)cc1)S(=O)(=O)c1ccccc1. The number of sulfonamides is 1. The molecule has 0 fully saturated rings. The Kier molecular flexibility index (Phi) is 7.56. The third kappa shape index (κ3) is 6.19. The molecule has 0 spiro atoms. The summed E-state index contributed by atoms with van der Waals surface area (Å²) in [5, 5.41) is 2.88. The molecule has 1 N–H and O–H groups in total. The molecule has 0 aromatic heterocycles. The molecule has 0 unspecified atom stereocenters. The van der Waals surface area contributed by atoms with Crippen molar-refractivity contribution in [2.45, 2.75) is 51.1 Å². The molecule has 0 saturated heterocycles. The Morgan fingerprint density at radius 1 is 1.07 bits per heavy atom. The molecule has 1 atom stereocenters. The van der Waals surface area contributed by atoms with Gasteiger partial charge in [0.05, 0.1) is 11.4 Å². The van der Waals surface area contributed by atoms with Gasteiger partial charge in [0.2, 0.25) is 15.9 Å². The molecular formula is C21H28N2O3S. The second kappa shape index (κ2) is 9.67. The Morgan fingerprint density at radius 2 is 1.70 bits per heavy atom. The van der Waals surface area contributed by atoms with E-state index in [0.717, 1.165) is 24.0 Å². The minimum Gasteiger partial charge on any atom is -0.353 e. The molecule has 5 nitrogen and oxygen atoms in total. The van der Waals surface area contributed by atoms with E-state index in [4.69, 9.17) is 0 Å². The van der Waals surface area contributed by atoms with Crippen LogP contribution < -0.4 is 5.32 Å². The van der Waals surface area contributed by atoms with E-state index in [9.17, 15) is 13.2 Å². The molecule has 0 aliphatic carbocycles. The zero-order valence-corrected chi connectivity index (χ0v) is 17.0. The predicted molar refractivity (Wildman–Crippen MR) is 108 cm³/mol. The van der Waals surface area contributed by atoms with Gasteiger partial charge in [-0.15, -0.1) is 0 Å². The fraction of sp³-hybridized carbons (Fsp3) is 0.381. The summed E-state index contributed by atoms with van der Waals surface area (Å²) < 4.78 is 27.4. The number of hydrogen-bond acceptors (Lipinski definition) is 3. The Balaban J connectivity index is 2.25. The molecule has 0 saturated carbocycles. The van der Waals surface area contributed by atoms with E-state index in [2.05, 4.69) is 5.32 Å². The number of nitrogens with one attached hydrogen (secondary N) is 1. The van der Waals surface area contributed by atoms with Crippen LogP contribution in [-0.2, 0) is 21.4 Å². The van der Waals surface area contributed by atoms with Crippen molar-refractivity contribution in [3.63, 3.8) is 0 Å². The number of aryl methyl sites for hydroxylation is 1. The highest BCUT2D eigenvalue weighted by Crippen LogP contribution is 2.18.